The van der Waals surface area contributed by atoms with Crippen molar-refractivity contribution in [2.24, 2.45) is 15.9 Å². The van der Waals surface area contributed by atoms with E-state index >= 15 is 0 Å². The van der Waals surface area contributed by atoms with Gasteiger partial charge in [0, 0.05) is 69.8 Å². The van der Waals surface area contributed by atoms with Crippen molar-refractivity contribution in [3.8, 4) is 0 Å². The molecule has 0 radical (unpaired) electrons. The molecule has 0 saturated carbocycles. The summed E-state index contributed by atoms with van der Waals surface area (Å²) in [4.78, 5) is 16.5. The average Bonchev–Trinajstić information content (AvgIpc) is 3.44. The van der Waals surface area contributed by atoms with Crippen molar-refractivity contribution in [2.45, 2.75) is 38.7 Å². The molecule has 0 aromatic carbocycles. The van der Waals surface area contributed by atoms with Crippen molar-refractivity contribution in [1.82, 2.24) is 20.0 Å². The summed E-state index contributed by atoms with van der Waals surface area (Å²) in [6.45, 7) is 10.6. The van der Waals surface area contributed by atoms with Crippen LogP contribution in [0, 0.1) is 5.92 Å². The van der Waals surface area contributed by atoms with E-state index in [1.165, 1.54) is 5.57 Å². The number of nitrogens with one attached hydrogen (secondary N) is 1. The lowest BCUT2D eigenvalue weighted by Crippen LogP contribution is -2.45. The Morgan fingerprint density at radius 3 is 2.98 bits per heavy atom. The minimum absolute atomic E-state index is 0.116. The van der Waals surface area contributed by atoms with Crippen LogP contribution in [0.15, 0.2) is 68.7 Å². The van der Waals surface area contributed by atoms with Crippen molar-refractivity contribution in [2.75, 3.05) is 72.9 Å². The van der Waals surface area contributed by atoms with Crippen molar-refractivity contribution in [3.63, 3.8) is 0 Å². The predicted octanol–water partition coefficient (Wildman–Crippen LogP) is 2.96. The number of ether oxygens (including phenoxy) is 4. The topological polar surface area (TPSA) is 83.4 Å². The largest absolute Gasteiger partial charge is 0.478 e. The van der Waals surface area contributed by atoms with Gasteiger partial charge in [0.2, 0.25) is 5.88 Å². The van der Waals surface area contributed by atoms with E-state index in [9.17, 15) is 0 Å². The second-order valence-corrected chi connectivity index (χ2v) is 11.3. The van der Waals surface area contributed by atoms with Crippen molar-refractivity contribution in [3.05, 3.63) is 58.7 Å². The number of nitrogens with zero attached hydrogens (tertiary/aromatic N) is 5. The van der Waals surface area contributed by atoms with Gasteiger partial charge < -0.3 is 34.1 Å². The van der Waals surface area contributed by atoms with Crippen molar-refractivity contribution < 1.29 is 18.9 Å². The molecule has 216 valence electrons. The van der Waals surface area contributed by atoms with Gasteiger partial charge in [0.1, 0.15) is 17.8 Å². The highest BCUT2D eigenvalue weighted by atomic mass is 16.7. The molecule has 10 heteroatoms. The number of amidine groups is 1. The molecule has 0 amide bonds. The smallest absolute Gasteiger partial charge is 0.203 e. The molecule has 2 saturated heterocycles. The maximum atomic E-state index is 6.57. The second kappa shape index (κ2) is 12.7. The monoisotopic (exact) mass is 550 g/mol. The summed E-state index contributed by atoms with van der Waals surface area (Å²) < 4.78 is 24.7. The van der Waals surface area contributed by atoms with Gasteiger partial charge in [-0.25, -0.2) is 0 Å². The summed E-state index contributed by atoms with van der Waals surface area (Å²) in [6, 6.07) is 0. The van der Waals surface area contributed by atoms with Crippen LogP contribution in [0.3, 0.4) is 0 Å². The first-order valence-corrected chi connectivity index (χ1v) is 14.7. The number of likely N-dealkylation sites (N-methyl/N-ethyl adjacent to an activating group) is 1. The van der Waals surface area contributed by atoms with E-state index in [0.717, 1.165) is 99.6 Å². The molecule has 6 aliphatic rings. The van der Waals surface area contributed by atoms with E-state index in [0.29, 0.717) is 25.7 Å². The summed E-state index contributed by atoms with van der Waals surface area (Å²) in [7, 11) is 2.19. The van der Waals surface area contributed by atoms with Gasteiger partial charge in [-0.15, -0.1) is 0 Å². The molecule has 0 spiro atoms. The summed E-state index contributed by atoms with van der Waals surface area (Å²) in [5.41, 5.74) is 3.09. The zero-order valence-electron chi connectivity index (χ0n) is 23.8. The number of fused-ring (bicyclic) bond motifs is 4. The summed E-state index contributed by atoms with van der Waals surface area (Å²) in [6.07, 6.45) is 13.4. The molecule has 2 atom stereocenters. The van der Waals surface area contributed by atoms with Gasteiger partial charge in [-0.3, -0.25) is 14.9 Å². The Bertz CT molecular complexity index is 1160. The number of hydrogen-bond donors (Lipinski definition) is 1. The highest BCUT2D eigenvalue weighted by Crippen LogP contribution is 2.39. The first kappa shape index (κ1) is 27.3. The molecule has 0 aromatic heterocycles. The van der Waals surface area contributed by atoms with Crippen LogP contribution in [0.4, 0.5) is 0 Å². The quantitative estimate of drug-likeness (QED) is 0.524. The van der Waals surface area contributed by atoms with Crippen LogP contribution in [0.25, 0.3) is 0 Å². The molecule has 40 heavy (non-hydrogen) atoms. The van der Waals surface area contributed by atoms with Crippen LogP contribution in [0.2, 0.25) is 0 Å². The summed E-state index contributed by atoms with van der Waals surface area (Å²) in [5, 5.41) is 3.56. The number of piperazine rings is 1. The van der Waals surface area contributed by atoms with E-state index in [1.807, 2.05) is 18.5 Å². The Morgan fingerprint density at radius 2 is 2.08 bits per heavy atom. The molecule has 1 N–H and O–H groups in total. The lowest BCUT2D eigenvalue weighted by Gasteiger charge is -2.40. The van der Waals surface area contributed by atoms with Gasteiger partial charge in [0.15, 0.2) is 12.6 Å². The molecule has 2 fully saturated rings. The molecular formula is C30H42N6O4. The van der Waals surface area contributed by atoms with E-state index in [2.05, 4.69) is 51.1 Å². The second-order valence-electron chi connectivity index (χ2n) is 11.3. The highest BCUT2D eigenvalue weighted by molar-refractivity contribution is 5.97. The zero-order valence-corrected chi connectivity index (χ0v) is 23.8. The van der Waals surface area contributed by atoms with Gasteiger partial charge in [-0.1, -0.05) is 19.1 Å². The first-order chi connectivity index (χ1) is 19.7. The first-order valence-electron chi connectivity index (χ1n) is 14.7. The zero-order chi connectivity index (χ0) is 27.3. The number of rotatable bonds is 5. The fourth-order valence-electron chi connectivity index (χ4n) is 5.75. The van der Waals surface area contributed by atoms with Crippen LogP contribution >= 0.6 is 0 Å². The maximum absolute atomic E-state index is 6.57. The Kier molecular flexibility index (Phi) is 8.67. The van der Waals surface area contributed by atoms with Crippen LogP contribution in [0.5, 0.6) is 0 Å². The minimum atomic E-state index is -0.116. The molecule has 10 nitrogen and oxygen atoms in total. The van der Waals surface area contributed by atoms with Crippen LogP contribution in [-0.2, 0) is 18.9 Å². The van der Waals surface area contributed by atoms with Gasteiger partial charge in [0.05, 0.1) is 25.5 Å². The van der Waals surface area contributed by atoms with Gasteiger partial charge in [0.25, 0.3) is 0 Å². The van der Waals surface area contributed by atoms with Crippen molar-refractivity contribution >= 4 is 12.1 Å². The number of aliphatic imine (C=N–C) groups is 2. The third-order valence-electron chi connectivity index (χ3n) is 8.14. The number of hydrogen-bond acceptors (Lipinski definition) is 10. The Morgan fingerprint density at radius 1 is 1.18 bits per heavy atom. The fourth-order valence-corrected chi connectivity index (χ4v) is 5.75. The normalized spacial score (nSPS) is 27.9. The molecule has 6 rings (SSSR count). The highest BCUT2D eigenvalue weighted by Gasteiger charge is 2.39. The molecule has 2 bridgehead atoms. The van der Waals surface area contributed by atoms with Crippen LogP contribution in [0.1, 0.15) is 32.6 Å². The summed E-state index contributed by atoms with van der Waals surface area (Å²) >= 11 is 0. The number of allylic oxidation sites excluding steroid dienone is 2. The SMILES string of the molecule is CC1CC=CN=CC2=CCC3OCOC3=C2N2C(OCCCN3CCN(C)CC3)=CC3=NCC(=C2N3)CCOC1. The molecule has 1 aliphatic carbocycles. The Hall–Kier alpha value is -2.92. The van der Waals surface area contributed by atoms with Gasteiger partial charge >= 0.3 is 0 Å². The fraction of sp³-hybridized carbons (Fsp3) is 0.600. The minimum Gasteiger partial charge on any atom is -0.478 e. The maximum Gasteiger partial charge on any atom is 0.203 e. The van der Waals surface area contributed by atoms with Crippen molar-refractivity contribution in [1.29, 1.82) is 0 Å². The molecule has 2 unspecified atom stereocenters. The molecule has 5 aliphatic heterocycles. The van der Waals surface area contributed by atoms with Gasteiger partial charge in [-0.05, 0) is 37.8 Å². The lowest BCUT2D eigenvalue weighted by molar-refractivity contribution is 0.0506. The lowest BCUT2D eigenvalue weighted by atomic mass is 9.97. The molecule has 5 heterocycles. The van der Waals surface area contributed by atoms with Gasteiger partial charge in [-0.2, -0.15) is 0 Å². The third kappa shape index (κ3) is 6.20. The van der Waals surface area contributed by atoms with Crippen LogP contribution < -0.4 is 5.32 Å². The Balaban J connectivity index is 1.30. The summed E-state index contributed by atoms with van der Waals surface area (Å²) in [5.74, 6) is 3.80. The average molecular weight is 551 g/mol. The standard InChI is InChI=1S/C30H42N6O4/c1-22-5-3-9-31-18-23-6-7-25-29(40-21-39-25)28(23)36-27(38-15-4-10-35-13-11-34(2)12-14-35)17-26-32-19-24(30(36)33-26)8-16-37-20-22/h3,6,9,17-18,22,25H,4-5,7-8,10-16,19-21H2,1-2H3,(H,32,33). The molecule has 0 aromatic rings. The Labute approximate surface area is 237 Å². The van der Waals surface area contributed by atoms with E-state index in [4.69, 9.17) is 23.9 Å². The van der Waals surface area contributed by atoms with E-state index in [1.54, 1.807) is 0 Å². The third-order valence-corrected chi connectivity index (χ3v) is 8.14. The van der Waals surface area contributed by atoms with Crippen LogP contribution in [-0.4, -0.2) is 106 Å². The van der Waals surface area contributed by atoms with E-state index in [-0.39, 0.29) is 12.9 Å². The molecular weight excluding hydrogens is 508 g/mol. The predicted molar refractivity (Wildman–Crippen MR) is 154 cm³/mol. The van der Waals surface area contributed by atoms with E-state index < -0.39 is 0 Å².